The lowest BCUT2D eigenvalue weighted by Gasteiger charge is -2.10. The van der Waals surface area contributed by atoms with Gasteiger partial charge >= 0.3 is 0 Å². The van der Waals surface area contributed by atoms with E-state index in [1.807, 2.05) is 0 Å². The molecule has 1 rings (SSSR count). The van der Waals surface area contributed by atoms with E-state index >= 15 is 0 Å². The van der Waals surface area contributed by atoms with E-state index in [0.29, 0.717) is 0 Å². The number of ketones is 1. The van der Waals surface area contributed by atoms with Crippen LogP contribution in [0, 0.1) is 5.82 Å². The molecule has 0 aromatic heterocycles. The SMILES string of the molecule is COCC(N)C(=O)Cc1c(F)cccc1Cl. The van der Waals surface area contributed by atoms with E-state index in [1.165, 1.54) is 25.3 Å². The minimum Gasteiger partial charge on any atom is -0.383 e. The monoisotopic (exact) mass is 245 g/mol. The van der Waals surface area contributed by atoms with Crippen LogP contribution in [0.3, 0.4) is 0 Å². The number of carbonyl (C=O) groups excluding carboxylic acids is 1. The molecule has 0 saturated heterocycles. The number of carbonyl (C=O) groups is 1. The van der Waals surface area contributed by atoms with Crippen molar-refractivity contribution in [3.05, 3.63) is 34.6 Å². The number of ether oxygens (including phenoxy) is 1. The number of hydrogen-bond acceptors (Lipinski definition) is 3. The van der Waals surface area contributed by atoms with Crippen molar-refractivity contribution in [2.24, 2.45) is 5.73 Å². The molecule has 88 valence electrons. The first-order chi connectivity index (χ1) is 7.56. The van der Waals surface area contributed by atoms with E-state index in [4.69, 9.17) is 22.1 Å². The Balaban J connectivity index is 2.77. The largest absolute Gasteiger partial charge is 0.383 e. The van der Waals surface area contributed by atoms with Crippen molar-refractivity contribution in [2.45, 2.75) is 12.5 Å². The maximum Gasteiger partial charge on any atom is 0.156 e. The first-order valence-corrected chi connectivity index (χ1v) is 5.14. The molecular weight excluding hydrogens is 233 g/mol. The highest BCUT2D eigenvalue weighted by Crippen LogP contribution is 2.19. The topological polar surface area (TPSA) is 52.3 Å². The van der Waals surface area contributed by atoms with Gasteiger partial charge in [-0.1, -0.05) is 17.7 Å². The van der Waals surface area contributed by atoms with Crippen molar-refractivity contribution in [3.8, 4) is 0 Å². The van der Waals surface area contributed by atoms with E-state index in [0.717, 1.165) is 0 Å². The maximum absolute atomic E-state index is 13.4. The fourth-order valence-electron chi connectivity index (χ4n) is 1.28. The molecule has 1 aromatic rings. The Kier molecular flexibility index (Phi) is 4.86. The van der Waals surface area contributed by atoms with Crippen LogP contribution in [0.5, 0.6) is 0 Å². The summed E-state index contributed by atoms with van der Waals surface area (Å²) in [6.45, 7) is 0.116. The predicted octanol–water partition coefficient (Wildman–Crippen LogP) is 1.56. The summed E-state index contributed by atoms with van der Waals surface area (Å²) in [6, 6.07) is 3.53. The molecule has 2 N–H and O–H groups in total. The van der Waals surface area contributed by atoms with Crippen LogP contribution in [-0.2, 0) is 16.0 Å². The van der Waals surface area contributed by atoms with E-state index in [2.05, 4.69) is 0 Å². The molecule has 0 fully saturated rings. The van der Waals surface area contributed by atoms with Gasteiger partial charge in [-0.05, 0) is 12.1 Å². The van der Waals surface area contributed by atoms with Crippen molar-refractivity contribution in [3.63, 3.8) is 0 Å². The first kappa shape index (κ1) is 13.1. The molecule has 0 amide bonds. The van der Waals surface area contributed by atoms with Gasteiger partial charge in [-0.15, -0.1) is 0 Å². The molecule has 0 saturated carbocycles. The lowest BCUT2D eigenvalue weighted by atomic mass is 10.0. The summed E-state index contributed by atoms with van der Waals surface area (Å²) in [5.41, 5.74) is 5.72. The Hall–Kier alpha value is -0.970. The van der Waals surface area contributed by atoms with Gasteiger partial charge in [0.25, 0.3) is 0 Å². The van der Waals surface area contributed by atoms with Crippen molar-refractivity contribution < 1.29 is 13.9 Å². The minimum absolute atomic E-state index is 0.115. The molecule has 1 unspecified atom stereocenters. The molecule has 0 heterocycles. The number of halogens is 2. The molecule has 1 aromatic carbocycles. The molecule has 0 aliphatic rings. The Morgan fingerprint density at radius 3 is 2.88 bits per heavy atom. The van der Waals surface area contributed by atoms with Gasteiger partial charge < -0.3 is 10.5 Å². The summed E-state index contributed by atoms with van der Waals surface area (Å²) in [7, 11) is 1.45. The zero-order valence-electron chi connectivity index (χ0n) is 8.87. The average Bonchev–Trinajstić information content (AvgIpc) is 2.23. The van der Waals surface area contributed by atoms with Crippen LogP contribution in [0.25, 0.3) is 0 Å². The van der Waals surface area contributed by atoms with E-state index in [-0.39, 0.29) is 29.4 Å². The lowest BCUT2D eigenvalue weighted by molar-refractivity contribution is -0.120. The number of methoxy groups -OCH3 is 1. The molecule has 16 heavy (non-hydrogen) atoms. The number of benzene rings is 1. The Morgan fingerprint density at radius 2 is 2.31 bits per heavy atom. The normalized spacial score (nSPS) is 12.5. The number of nitrogens with two attached hydrogens (primary N) is 1. The smallest absolute Gasteiger partial charge is 0.156 e. The van der Waals surface area contributed by atoms with Gasteiger partial charge in [0.1, 0.15) is 5.82 Å². The Morgan fingerprint density at radius 1 is 1.62 bits per heavy atom. The van der Waals surface area contributed by atoms with Gasteiger partial charge in [0.05, 0.1) is 12.6 Å². The van der Waals surface area contributed by atoms with Crippen molar-refractivity contribution in [1.82, 2.24) is 0 Å². The Bertz CT molecular complexity index is 364. The average molecular weight is 246 g/mol. The fraction of sp³-hybridized carbons (Fsp3) is 0.364. The third-order valence-corrected chi connectivity index (χ3v) is 2.53. The van der Waals surface area contributed by atoms with Crippen LogP contribution in [-0.4, -0.2) is 25.5 Å². The van der Waals surface area contributed by atoms with Crippen molar-refractivity contribution >= 4 is 17.4 Å². The van der Waals surface area contributed by atoms with Gasteiger partial charge in [0, 0.05) is 24.1 Å². The molecule has 3 nitrogen and oxygen atoms in total. The highest BCUT2D eigenvalue weighted by Gasteiger charge is 2.17. The van der Waals surface area contributed by atoms with Crippen LogP contribution < -0.4 is 5.73 Å². The molecule has 1 atom stereocenters. The molecule has 5 heteroatoms. The van der Waals surface area contributed by atoms with Crippen LogP contribution in [0.2, 0.25) is 5.02 Å². The first-order valence-electron chi connectivity index (χ1n) is 4.76. The quantitative estimate of drug-likeness (QED) is 0.857. The van der Waals surface area contributed by atoms with E-state index < -0.39 is 11.9 Å². The lowest BCUT2D eigenvalue weighted by Crippen LogP contribution is -2.36. The highest BCUT2D eigenvalue weighted by atomic mass is 35.5. The van der Waals surface area contributed by atoms with Gasteiger partial charge in [0.15, 0.2) is 5.78 Å². The molecule has 0 aliphatic heterocycles. The van der Waals surface area contributed by atoms with Crippen LogP contribution >= 0.6 is 11.6 Å². The highest BCUT2D eigenvalue weighted by molar-refractivity contribution is 6.31. The third kappa shape index (κ3) is 3.27. The summed E-state index contributed by atoms with van der Waals surface area (Å²) in [6.07, 6.45) is -0.115. The minimum atomic E-state index is -0.749. The molecular formula is C11H13ClFNO2. The molecule has 0 spiro atoms. The zero-order valence-corrected chi connectivity index (χ0v) is 9.63. The standard InChI is InChI=1S/C11H13ClFNO2/c1-16-6-10(14)11(15)5-7-8(12)3-2-4-9(7)13/h2-4,10H,5-6,14H2,1H3. The fourth-order valence-corrected chi connectivity index (χ4v) is 1.51. The summed E-state index contributed by atoms with van der Waals surface area (Å²) in [5.74, 6) is -0.792. The second-order valence-corrected chi connectivity index (χ2v) is 3.81. The van der Waals surface area contributed by atoms with Crippen LogP contribution in [0.4, 0.5) is 4.39 Å². The maximum atomic E-state index is 13.4. The molecule has 0 aliphatic carbocycles. The van der Waals surface area contributed by atoms with E-state index in [1.54, 1.807) is 0 Å². The van der Waals surface area contributed by atoms with Gasteiger partial charge in [0.2, 0.25) is 0 Å². The number of hydrogen-bond donors (Lipinski definition) is 1. The molecule has 0 bridgehead atoms. The van der Waals surface area contributed by atoms with Gasteiger partial charge in [-0.3, -0.25) is 4.79 Å². The number of Topliss-reactive ketones (excluding diaryl/α,β-unsaturated/α-hetero) is 1. The van der Waals surface area contributed by atoms with Gasteiger partial charge in [-0.25, -0.2) is 4.39 Å². The van der Waals surface area contributed by atoms with Crippen molar-refractivity contribution in [2.75, 3.05) is 13.7 Å². The summed E-state index contributed by atoms with van der Waals surface area (Å²) < 4.78 is 18.1. The summed E-state index contributed by atoms with van der Waals surface area (Å²) >= 11 is 5.79. The van der Waals surface area contributed by atoms with E-state index in [9.17, 15) is 9.18 Å². The molecule has 0 radical (unpaired) electrons. The second kappa shape index (κ2) is 5.94. The predicted molar refractivity (Wildman–Crippen MR) is 60.0 cm³/mol. The van der Waals surface area contributed by atoms with Crippen LogP contribution in [0.1, 0.15) is 5.56 Å². The van der Waals surface area contributed by atoms with Crippen LogP contribution in [0.15, 0.2) is 18.2 Å². The van der Waals surface area contributed by atoms with Crippen molar-refractivity contribution in [1.29, 1.82) is 0 Å². The summed E-state index contributed by atoms with van der Waals surface area (Å²) in [4.78, 5) is 11.6. The van der Waals surface area contributed by atoms with Gasteiger partial charge in [-0.2, -0.15) is 0 Å². The number of rotatable bonds is 5. The summed E-state index contributed by atoms with van der Waals surface area (Å²) in [5, 5.41) is 0.234. The zero-order chi connectivity index (χ0) is 12.1. The Labute approximate surface area is 98.3 Å². The second-order valence-electron chi connectivity index (χ2n) is 3.41. The third-order valence-electron chi connectivity index (χ3n) is 2.17.